The average molecular weight is 526 g/mol. The summed E-state index contributed by atoms with van der Waals surface area (Å²) in [5, 5.41) is 12.9. The highest BCUT2D eigenvalue weighted by Crippen LogP contribution is 2.38. The molecule has 0 fully saturated rings. The molecular formula is C26H31N5O3S2. The van der Waals surface area contributed by atoms with Crippen LogP contribution in [0.25, 0.3) is 11.4 Å². The van der Waals surface area contributed by atoms with Crippen molar-refractivity contribution in [1.82, 2.24) is 14.8 Å². The number of nitrogens with one attached hydrogen (secondary N) is 1. The van der Waals surface area contributed by atoms with E-state index in [1.807, 2.05) is 47.8 Å². The number of nitrogens with zero attached hydrogens (tertiary/aromatic N) is 4. The number of methoxy groups -OCH3 is 1. The van der Waals surface area contributed by atoms with Crippen LogP contribution in [0.4, 0.5) is 10.7 Å². The van der Waals surface area contributed by atoms with Crippen LogP contribution in [0.2, 0.25) is 0 Å². The van der Waals surface area contributed by atoms with E-state index in [-0.39, 0.29) is 11.7 Å². The predicted molar refractivity (Wildman–Crippen MR) is 146 cm³/mol. The van der Waals surface area contributed by atoms with Crippen molar-refractivity contribution in [2.24, 2.45) is 0 Å². The van der Waals surface area contributed by atoms with Gasteiger partial charge in [0.1, 0.15) is 5.00 Å². The third kappa shape index (κ3) is 5.65. The fourth-order valence-corrected chi connectivity index (χ4v) is 6.29. The number of fused-ring (bicyclic) bond motifs is 1. The molecule has 0 bridgehead atoms. The zero-order valence-corrected chi connectivity index (χ0v) is 22.5. The summed E-state index contributed by atoms with van der Waals surface area (Å²) >= 11 is 2.80. The summed E-state index contributed by atoms with van der Waals surface area (Å²) in [5.41, 5.74) is 3.57. The Balaban J connectivity index is 1.50. The molecule has 190 valence electrons. The van der Waals surface area contributed by atoms with Crippen molar-refractivity contribution in [1.29, 1.82) is 0 Å². The Bertz CT molecular complexity index is 1250. The van der Waals surface area contributed by atoms with Crippen molar-refractivity contribution in [2.75, 3.05) is 37.2 Å². The van der Waals surface area contributed by atoms with Crippen LogP contribution in [0.1, 0.15) is 40.1 Å². The first-order valence-electron chi connectivity index (χ1n) is 11.9. The molecule has 36 heavy (non-hydrogen) atoms. The number of thioether (sulfide) groups is 1. The number of aromatic nitrogens is 3. The van der Waals surface area contributed by atoms with Gasteiger partial charge in [-0.1, -0.05) is 24.3 Å². The number of carbonyl (C=O) groups is 2. The number of ether oxygens (including phenoxy) is 1. The van der Waals surface area contributed by atoms with Gasteiger partial charge in [0.25, 0.3) is 0 Å². The smallest absolute Gasteiger partial charge is 0.341 e. The van der Waals surface area contributed by atoms with Crippen LogP contribution in [0, 0.1) is 0 Å². The van der Waals surface area contributed by atoms with Gasteiger partial charge in [0.05, 0.1) is 18.4 Å². The fourth-order valence-electron chi connectivity index (χ4n) is 4.25. The summed E-state index contributed by atoms with van der Waals surface area (Å²) in [4.78, 5) is 28.7. The number of rotatable bonds is 9. The van der Waals surface area contributed by atoms with E-state index in [0.717, 1.165) is 54.7 Å². The summed E-state index contributed by atoms with van der Waals surface area (Å²) < 4.78 is 6.99. The predicted octanol–water partition coefficient (Wildman–Crippen LogP) is 5.04. The van der Waals surface area contributed by atoms with Gasteiger partial charge in [0.2, 0.25) is 5.91 Å². The Morgan fingerprint density at radius 3 is 2.64 bits per heavy atom. The quantitative estimate of drug-likeness (QED) is 0.181. The SMILES string of the molecule is C=CCn1c(SCC(=O)Nc2sc3c(c2C(=O)OC)CCCCC3)nnc1-c1ccc(N(C)C)cc1. The van der Waals surface area contributed by atoms with E-state index >= 15 is 0 Å². The van der Waals surface area contributed by atoms with Gasteiger partial charge < -0.3 is 15.0 Å². The molecule has 8 nitrogen and oxygen atoms in total. The highest BCUT2D eigenvalue weighted by atomic mass is 32.2. The minimum atomic E-state index is -0.395. The largest absolute Gasteiger partial charge is 0.465 e. The lowest BCUT2D eigenvalue weighted by Crippen LogP contribution is -2.16. The molecule has 0 saturated heterocycles. The highest BCUT2D eigenvalue weighted by molar-refractivity contribution is 7.99. The van der Waals surface area contributed by atoms with E-state index in [1.54, 1.807) is 6.08 Å². The molecule has 0 radical (unpaired) electrons. The molecule has 1 amide bonds. The number of allylic oxidation sites excluding steroid dienone is 1. The molecule has 3 aromatic rings. The third-order valence-corrected chi connectivity index (χ3v) is 8.24. The zero-order valence-electron chi connectivity index (χ0n) is 20.9. The Hall–Kier alpha value is -3.11. The lowest BCUT2D eigenvalue weighted by Gasteiger charge is -2.13. The second kappa shape index (κ2) is 11.7. The molecule has 4 rings (SSSR count). The number of aryl methyl sites for hydroxylation is 1. The molecule has 1 aromatic carbocycles. The molecular weight excluding hydrogens is 494 g/mol. The number of hydrogen-bond donors (Lipinski definition) is 1. The molecule has 0 aliphatic heterocycles. The standard InChI is InChI=1S/C26H31N5O3S2/c1-5-15-31-23(17-11-13-18(14-12-17)30(2)3)28-29-26(31)35-16-21(32)27-24-22(25(33)34-4)19-9-7-6-8-10-20(19)36-24/h5,11-14H,1,6-10,15-16H2,2-4H3,(H,27,32). The minimum absolute atomic E-state index is 0.137. The molecule has 10 heteroatoms. The van der Waals surface area contributed by atoms with Gasteiger partial charge in [-0.3, -0.25) is 9.36 Å². The van der Waals surface area contributed by atoms with E-state index in [4.69, 9.17) is 4.74 Å². The van der Waals surface area contributed by atoms with Gasteiger partial charge in [-0.05, 0) is 55.5 Å². The lowest BCUT2D eigenvalue weighted by molar-refractivity contribution is -0.113. The van der Waals surface area contributed by atoms with E-state index in [9.17, 15) is 9.59 Å². The Morgan fingerprint density at radius 1 is 1.19 bits per heavy atom. The summed E-state index contributed by atoms with van der Waals surface area (Å²) in [5.74, 6) is 0.260. The second-order valence-electron chi connectivity index (χ2n) is 8.74. The van der Waals surface area contributed by atoms with Crippen LogP contribution in [-0.4, -0.2) is 53.6 Å². The number of hydrogen-bond acceptors (Lipinski definition) is 8. The topological polar surface area (TPSA) is 89.3 Å². The van der Waals surface area contributed by atoms with E-state index in [1.165, 1.54) is 35.1 Å². The van der Waals surface area contributed by atoms with Gasteiger partial charge in [-0.25, -0.2) is 4.79 Å². The summed E-state index contributed by atoms with van der Waals surface area (Å²) in [7, 11) is 5.37. The van der Waals surface area contributed by atoms with Crippen molar-refractivity contribution in [2.45, 2.75) is 43.8 Å². The first-order valence-corrected chi connectivity index (χ1v) is 13.7. The van der Waals surface area contributed by atoms with Crippen LogP contribution >= 0.6 is 23.1 Å². The average Bonchev–Trinajstić information content (AvgIpc) is 3.34. The van der Waals surface area contributed by atoms with Gasteiger partial charge >= 0.3 is 5.97 Å². The normalized spacial score (nSPS) is 13.0. The number of carbonyl (C=O) groups excluding carboxylic acids is 2. The molecule has 0 atom stereocenters. The molecule has 1 aliphatic carbocycles. The number of anilines is 2. The van der Waals surface area contributed by atoms with E-state index in [2.05, 4.69) is 22.1 Å². The van der Waals surface area contributed by atoms with Crippen molar-refractivity contribution >= 4 is 45.7 Å². The summed E-state index contributed by atoms with van der Waals surface area (Å²) in [6.45, 7) is 4.38. The maximum Gasteiger partial charge on any atom is 0.341 e. The van der Waals surface area contributed by atoms with E-state index < -0.39 is 5.97 Å². The van der Waals surface area contributed by atoms with Crippen molar-refractivity contribution in [3.8, 4) is 11.4 Å². The van der Waals surface area contributed by atoms with Crippen molar-refractivity contribution in [3.05, 3.63) is 52.9 Å². The monoisotopic (exact) mass is 525 g/mol. The van der Waals surface area contributed by atoms with Gasteiger partial charge in [-0.2, -0.15) is 0 Å². The Labute approximate surface area is 219 Å². The summed E-state index contributed by atoms with van der Waals surface area (Å²) in [6, 6.07) is 8.08. The first-order chi connectivity index (χ1) is 17.4. The first kappa shape index (κ1) is 26.0. The van der Waals surface area contributed by atoms with Crippen LogP contribution in [0.15, 0.2) is 42.1 Å². The van der Waals surface area contributed by atoms with Gasteiger partial charge in [0.15, 0.2) is 11.0 Å². The van der Waals surface area contributed by atoms with Crippen LogP contribution < -0.4 is 10.2 Å². The highest BCUT2D eigenvalue weighted by Gasteiger charge is 2.26. The Kier molecular flexibility index (Phi) is 8.48. The molecule has 0 spiro atoms. The maximum absolute atomic E-state index is 12.9. The lowest BCUT2D eigenvalue weighted by atomic mass is 10.1. The molecule has 0 saturated carbocycles. The number of amides is 1. The molecule has 1 aliphatic rings. The van der Waals surface area contributed by atoms with Gasteiger partial charge in [0, 0.05) is 36.8 Å². The van der Waals surface area contributed by atoms with E-state index in [0.29, 0.717) is 22.3 Å². The molecule has 2 heterocycles. The zero-order chi connectivity index (χ0) is 25.7. The Morgan fingerprint density at radius 2 is 1.94 bits per heavy atom. The third-order valence-electron chi connectivity index (χ3n) is 6.07. The second-order valence-corrected chi connectivity index (χ2v) is 10.8. The van der Waals surface area contributed by atoms with Crippen molar-refractivity contribution in [3.63, 3.8) is 0 Å². The number of esters is 1. The van der Waals surface area contributed by atoms with Crippen LogP contribution in [-0.2, 0) is 28.9 Å². The molecule has 2 aromatic heterocycles. The molecule has 0 unspecified atom stereocenters. The number of thiophene rings is 1. The molecule has 1 N–H and O–H groups in total. The van der Waals surface area contributed by atoms with Crippen molar-refractivity contribution < 1.29 is 14.3 Å². The number of benzene rings is 1. The summed E-state index contributed by atoms with van der Waals surface area (Å²) in [6.07, 6.45) is 6.83. The fraction of sp³-hybridized carbons (Fsp3) is 0.385. The maximum atomic E-state index is 12.9. The van der Waals surface area contributed by atoms with Crippen LogP contribution in [0.5, 0.6) is 0 Å². The van der Waals surface area contributed by atoms with Gasteiger partial charge in [-0.15, -0.1) is 28.1 Å². The minimum Gasteiger partial charge on any atom is -0.465 e. The van der Waals surface area contributed by atoms with Crippen LogP contribution in [0.3, 0.4) is 0 Å².